The Morgan fingerprint density at radius 3 is 2.58 bits per heavy atom. The highest BCUT2D eigenvalue weighted by Crippen LogP contribution is 2.25. The van der Waals surface area contributed by atoms with E-state index in [9.17, 15) is 0 Å². The third-order valence-electron chi connectivity index (χ3n) is 4.45. The van der Waals surface area contributed by atoms with E-state index in [1.807, 2.05) is 25.1 Å². The zero-order valence-corrected chi connectivity index (χ0v) is 15.1. The highest BCUT2D eigenvalue weighted by atomic mass is 16.5. The first-order valence-corrected chi connectivity index (χ1v) is 8.73. The van der Waals surface area contributed by atoms with Gasteiger partial charge in [0.25, 0.3) is 0 Å². The van der Waals surface area contributed by atoms with E-state index in [4.69, 9.17) is 4.74 Å². The van der Waals surface area contributed by atoms with Gasteiger partial charge in [-0.2, -0.15) is 0 Å². The number of hydrogen-bond acceptors (Lipinski definition) is 5. The monoisotopic (exact) mass is 329 g/mol. The van der Waals surface area contributed by atoms with Crippen LogP contribution in [-0.2, 0) is 11.3 Å². The maximum Gasteiger partial charge on any atom is 0.227 e. The zero-order chi connectivity index (χ0) is 17.1. The van der Waals surface area contributed by atoms with Crippen LogP contribution in [0.5, 0.6) is 0 Å². The third kappa shape index (κ3) is 3.59. The molecule has 0 amide bonds. The minimum atomic E-state index is 0.362. The molecule has 0 aliphatic carbocycles. The molecular formula is C18H27N5O. The van der Waals surface area contributed by atoms with Crippen molar-refractivity contribution in [2.45, 2.75) is 46.3 Å². The molecule has 0 saturated carbocycles. The van der Waals surface area contributed by atoms with Crippen molar-refractivity contribution in [2.24, 2.45) is 5.92 Å². The van der Waals surface area contributed by atoms with Gasteiger partial charge in [-0.1, -0.05) is 19.9 Å². The Morgan fingerprint density at radius 2 is 1.96 bits per heavy atom. The molecule has 1 aliphatic heterocycles. The molecule has 0 unspecified atom stereocenters. The van der Waals surface area contributed by atoms with Crippen LogP contribution in [0, 0.1) is 12.8 Å². The smallest absolute Gasteiger partial charge is 0.227 e. The van der Waals surface area contributed by atoms with E-state index in [1.54, 1.807) is 7.11 Å². The van der Waals surface area contributed by atoms with Crippen molar-refractivity contribution in [1.29, 1.82) is 0 Å². The molecule has 2 aromatic heterocycles. The summed E-state index contributed by atoms with van der Waals surface area (Å²) in [4.78, 5) is 6.96. The minimum Gasteiger partial charge on any atom is -0.381 e. The van der Waals surface area contributed by atoms with Gasteiger partial charge in [0, 0.05) is 32.4 Å². The van der Waals surface area contributed by atoms with Gasteiger partial charge >= 0.3 is 0 Å². The van der Waals surface area contributed by atoms with Gasteiger partial charge in [-0.3, -0.25) is 4.57 Å². The SMILES string of the molecule is COC1CCN(c2nnc(-c3cccc(C)n3)n2CC(C)C)CC1. The summed E-state index contributed by atoms with van der Waals surface area (Å²) in [6.45, 7) is 9.23. The molecule has 1 fully saturated rings. The molecule has 0 N–H and O–H groups in total. The second kappa shape index (κ2) is 7.30. The highest BCUT2D eigenvalue weighted by Gasteiger charge is 2.25. The average Bonchev–Trinajstić information content (AvgIpc) is 2.98. The normalized spacial score (nSPS) is 16.1. The molecule has 130 valence electrons. The Bertz CT molecular complexity index is 674. The maximum atomic E-state index is 5.48. The molecule has 3 heterocycles. The van der Waals surface area contributed by atoms with Crippen LogP contribution in [-0.4, -0.2) is 46.1 Å². The quantitative estimate of drug-likeness (QED) is 0.844. The summed E-state index contributed by atoms with van der Waals surface area (Å²) >= 11 is 0. The number of piperidine rings is 1. The predicted molar refractivity (Wildman–Crippen MR) is 95.1 cm³/mol. The maximum absolute atomic E-state index is 5.48. The van der Waals surface area contributed by atoms with Crippen LogP contribution in [0.3, 0.4) is 0 Å². The lowest BCUT2D eigenvalue weighted by atomic mass is 10.1. The van der Waals surface area contributed by atoms with Crippen molar-refractivity contribution in [2.75, 3.05) is 25.1 Å². The zero-order valence-electron chi connectivity index (χ0n) is 15.1. The van der Waals surface area contributed by atoms with Crippen LogP contribution >= 0.6 is 0 Å². The number of rotatable bonds is 5. The lowest BCUT2D eigenvalue weighted by Crippen LogP contribution is -2.38. The first kappa shape index (κ1) is 16.9. The van der Waals surface area contributed by atoms with Crippen molar-refractivity contribution in [3.63, 3.8) is 0 Å². The van der Waals surface area contributed by atoms with E-state index in [1.165, 1.54) is 0 Å². The van der Waals surface area contributed by atoms with Crippen molar-refractivity contribution < 1.29 is 4.74 Å². The molecule has 2 aromatic rings. The molecule has 0 atom stereocenters. The summed E-state index contributed by atoms with van der Waals surface area (Å²) in [5.41, 5.74) is 1.88. The number of methoxy groups -OCH3 is 1. The summed E-state index contributed by atoms with van der Waals surface area (Å²) in [6.07, 6.45) is 2.42. The Balaban J connectivity index is 1.92. The van der Waals surface area contributed by atoms with E-state index in [0.717, 1.165) is 55.6 Å². The fourth-order valence-electron chi connectivity index (χ4n) is 3.21. The molecule has 6 nitrogen and oxygen atoms in total. The average molecular weight is 329 g/mol. The largest absolute Gasteiger partial charge is 0.381 e. The van der Waals surface area contributed by atoms with Gasteiger partial charge in [0.05, 0.1) is 6.10 Å². The molecule has 3 rings (SSSR count). The lowest BCUT2D eigenvalue weighted by molar-refractivity contribution is 0.0815. The minimum absolute atomic E-state index is 0.362. The van der Waals surface area contributed by atoms with E-state index >= 15 is 0 Å². The van der Waals surface area contributed by atoms with Crippen molar-refractivity contribution in [3.05, 3.63) is 23.9 Å². The molecule has 0 bridgehead atoms. The second-order valence-corrected chi connectivity index (χ2v) is 6.91. The van der Waals surface area contributed by atoms with Gasteiger partial charge in [0.15, 0.2) is 5.82 Å². The van der Waals surface area contributed by atoms with E-state index in [-0.39, 0.29) is 0 Å². The van der Waals surface area contributed by atoms with Crippen LogP contribution in [0.1, 0.15) is 32.4 Å². The lowest BCUT2D eigenvalue weighted by Gasteiger charge is -2.32. The van der Waals surface area contributed by atoms with Crippen LogP contribution in [0.25, 0.3) is 11.5 Å². The second-order valence-electron chi connectivity index (χ2n) is 6.91. The number of nitrogens with zero attached hydrogens (tertiary/aromatic N) is 5. The first-order valence-electron chi connectivity index (χ1n) is 8.73. The number of aryl methyl sites for hydroxylation is 1. The molecule has 0 radical (unpaired) electrons. The fraction of sp³-hybridized carbons (Fsp3) is 0.611. The number of ether oxygens (including phenoxy) is 1. The molecule has 24 heavy (non-hydrogen) atoms. The Hall–Kier alpha value is -1.95. The summed E-state index contributed by atoms with van der Waals surface area (Å²) in [6, 6.07) is 6.04. The van der Waals surface area contributed by atoms with E-state index in [0.29, 0.717) is 12.0 Å². The number of anilines is 1. The van der Waals surface area contributed by atoms with Gasteiger partial charge in [0.1, 0.15) is 5.69 Å². The number of hydrogen-bond donors (Lipinski definition) is 0. The van der Waals surface area contributed by atoms with E-state index in [2.05, 4.69) is 38.5 Å². The molecule has 0 spiro atoms. The van der Waals surface area contributed by atoms with Gasteiger partial charge < -0.3 is 9.64 Å². The Kier molecular flexibility index (Phi) is 5.14. The molecule has 1 aliphatic rings. The summed E-state index contributed by atoms with van der Waals surface area (Å²) in [5, 5.41) is 8.98. The Morgan fingerprint density at radius 1 is 1.21 bits per heavy atom. The van der Waals surface area contributed by atoms with Gasteiger partial charge in [-0.25, -0.2) is 4.98 Å². The van der Waals surface area contributed by atoms with Gasteiger partial charge in [0.2, 0.25) is 5.95 Å². The van der Waals surface area contributed by atoms with Crippen molar-refractivity contribution in [1.82, 2.24) is 19.7 Å². The third-order valence-corrected chi connectivity index (χ3v) is 4.45. The van der Waals surface area contributed by atoms with Crippen LogP contribution < -0.4 is 4.90 Å². The summed E-state index contributed by atoms with van der Waals surface area (Å²) in [5.74, 6) is 2.33. The predicted octanol–water partition coefficient (Wildman–Crippen LogP) is 2.92. The molecular weight excluding hydrogens is 302 g/mol. The van der Waals surface area contributed by atoms with Crippen LogP contribution in [0.4, 0.5) is 5.95 Å². The van der Waals surface area contributed by atoms with E-state index < -0.39 is 0 Å². The standard InChI is InChI=1S/C18H27N5O/c1-13(2)12-23-17(16-7-5-6-14(3)19-16)20-21-18(23)22-10-8-15(24-4)9-11-22/h5-7,13,15H,8-12H2,1-4H3. The Labute approximate surface area is 143 Å². The summed E-state index contributed by atoms with van der Waals surface area (Å²) < 4.78 is 7.70. The first-order chi connectivity index (χ1) is 11.6. The van der Waals surface area contributed by atoms with Crippen LogP contribution in [0.2, 0.25) is 0 Å². The molecule has 0 aromatic carbocycles. The molecule has 1 saturated heterocycles. The summed E-state index contributed by atoms with van der Waals surface area (Å²) in [7, 11) is 1.79. The van der Waals surface area contributed by atoms with Crippen molar-refractivity contribution >= 4 is 5.95 Å². The molecule has 6 heteroatoms. The topological polar surface area (TPSA) is 56.1 Å². The highest BCUT2D eigenvalue weighted by molar-refractivity contribution is 5.53. The van der Waals surface area contributed by atoms with Crippen molar-refractivity contribution in [3.8, 4) is 11.5 Å². The van der Waals surface area contributed by atoms with Gasteiger partial charge in [-0.05, 0) is 37.8 Å². The van der Waals surface area contributed by atoms with Gasteiger partial charge in [-0.15, -0.1) is 10.2 Å². The number of aromatic nitrogens is 4. The fourth-order valence-corrected chi connectivity index (χ4v) is 3.21. The number of pyridine rings is 1. The van der Waals surface area contributed by atoms with Crippen LogP contribution in [0.15, 0.2) is 18.2 Å².